The van der Waals surface area contributed by atoms with E-state index in [4.69, 9.17) is 0 Å². The SMILES string of the molecule is CCN1CCC(N(C)C2Cc3ccccc3C2NC)CC1. The molecule has 3 rings (SSSR count). The van der Waals surface area contributed by atoms with Crippen LogP contribution in [0.3, 0.4) is 0 Å². The van der Waals surface area contributed by atoms with Crippen molar-refractivity contribution in [3.63, 3.8) is 0 Å². The lowest BCUT2D eigenvalue weighted by molar-refractivity contribution is 0.0876. The molecule has 0 spiro atoms. The van der Waals surface area contributed by atoms with Crippen molar-refractivity contribution >= 4 is 0 Å². The van der Waals surface area contributed by atoms with Crippen molar-refractivity contribution in [3.05, 3.63) is 35.4 Å². The molecule has 0 bridgehead atoms. The fraction of sp³-hybridized carbons (Fsp3) is 0.667. The molecule has 1 saturated heterocycles. The van der Waals surface area contributed by atoms with Crippen LogP contribution in [0.5, 0.6) is 0 Å². The second-order valence-corrected chi connectivity index (χ2v) is 6.57. The molecule has 0 radical (unpaired) electrons. The van der Waals surface area contributed by atoms with E-state index >= 15 is 0 Å². The summed E-state index contributed by atoms with van der Waals surface area (Å²) in [5.41, 5.74) is 3.03. The number of likely N-dealkylation sites (tertiary alicyclic amines) is 1. The third-order valence-corrected chi connectivity index (χ3v) is 5.62. The first-order chi connectivity index (χ1) is 10.2. The molecule has 2 atom stereocenters. The molecular weight excluding hydrogens is 258 g/mol. The Balaban J connectivity index is 1.70. The molecule has 1 aliphatic carbocycles. The molecule has 116 valence electrons. The molecule has 1 aromatic carbocycles. The van der Waals surface area contributed by atoms with Crippen molar-refractivity contribution in [2.24, 2.45) is 0 Å². The standard InChI is InChI=1S/C18H29N3/c1-4-21-11-9-15(10-12-21)20(3)17-13-14-7-5-6-8-16(14)18(17)19-2/h5-8,15,17-19H,4,9-13H2,1-3H3. The first-order valence-electron chi connectivity index (χ1n) is 8.44. The smallest absolute Gasteiger partial charge is 0.0481 e. The van der Waals surface area contributed by atoms with E-state index in [-0.39, 0.29) is 0 Å². The number of likely N-dealkylation sites (N-methyl/N-ethyl adjacent to an activating group) is 2. The fourth-order valence-electron chi connectivity index (χ4n) is 4.21. The molecular formula is C18H29N3. The third kappa shape index (κ3) is 2.87. The number of nitrogens with one attached hydrogen (secondary N) is 1. The molecule has 1 N–H and O–H groups in total. The van der Waals surface area contributed by atoms with Crippen LogP contribution < -0.4 is 5.32 Å². The normalized spacial score (nSPS) is 27.2. The van der Waals surface area contributed by atoms with Crippen molar-refractivity contribution in [3.8, 4) is 0 Å². The molecule has 3 nitrogen and oxygen atoms in total. The minimum absolute atomic E-state index is 0.482. The zero-order chi connectivity index (χ0) is 14.8. The molecule has 0 aromatic heterocycles. The summed E-state index contributed by atoms with van der Waals surface area (Å²) in [4.78, 5) is 5.23. The first-order valence-corrected chi connectivity index (χ1v) is 8.44. The molecule has 0 saturated carbocycles. The first kappa shape index (κ1) is 15.0. The van der Waals surface area contributed by atoms with E-state index in [1.165, 1.54) is 50.0 Å². The van der Waals surface area contributed by atoms with Crippen LogP contribution in [-0.4, -0.2) is 55.6 Å². The summed E-state index contributed by atoms with van der Waals surface area (Å²) in [6.45, 7) is 5.99. The van der Waals surface area contributed by atoms with Crippen molar-refractivity contribution in [2.75, 3.05) is 33.7 Å². The van der Waals surface area contributed by atoms with Gasteiger partial charge in [-0.15, -0.1) is 0 Å². The molecule has 1 aliphatic heterocycles. The number of hydrogen-bond donors (Lipinski definition) is 1. The number of piperidine rings is 1. The topological polar surface area (TPSA) is 18.5 Å². The summed E-state index contributed by atoms with van der Waals surface area (Å²) in [6.07, 6.45) is 3.81. The summed E-state index contributed by atoms with van der Waals surface area (Å²) >= 11 is 0. The van der Waals surface area contributed by atoms with Crippen LogP contribution in [-0.2, 0) is 6.42 Å². The number of hydrogen-bond acceptors (Lipinski definition) is 3. The van der Waals surface area contributed by atoms with Gasteiger partial charge in [-0.05, 0) is 64.1 Å². The Labute approximate surface area is 129 Å². The lowest BCUT2D eigenvalue weighted by Crippen LogP contribution is -2.49. The van der Waals surface area contributed by atoms with E-state index in [0.29, 0.717) is 12.1 Å². The van der Waals surface area contributed by atoms with Crippen molar-refractivity contribution in [1.82, 2.24) is 15.1 Å². The number of benzene rings is 1. The number of nitrogens with zero attached hydrogens (tertiary/aromatic N) is 2. The maximum atomic E-state index is 3.56. The lowest BCUT2D eigenvalue weighted by atomic mass is 9.99. The second-order valence-electron chi connectivity index (χ2n) is 6.57. The van der Waals surface area contributed by atoms with Gasteiger partial charge in [-0.25, -0.2) is 0 Å². The van der Waals surface area contributed by atoms with Crippen molar-refractivity contribution in [2.45, 2.75) is 44.3 Å². The number of rotatable bonds is 4. The quantitative estimate of drug-likeness (QED) is 0.916. The van der Waals surface area contributed by atoms with Gasteiger partial charge in [0.1, 0.15) is 0 Å². The van der Waals surface area contributed by atoms with Gasteiger partial charge in [0.15, 0.2) is 0 Å². The van der Waals surface area contributed by atoms with Crippen molar-refractivity contribution in [1.29, 1.82) is 0 Å². The Morgan fingerprint density at radius 3 is 2.62 bits per heavy atom. The molecule has 1 heterocycles. The molecule has 1 aromatic rings. The van der Waals surface area contributed by atoms with E-state index in [9.17, 15) is 0 Å². The second kappa shape index (κ2) is 6.47. The predicted molar refractivity (Wildman–Crippen MR) is 88.6 cm³/mol. The largest absolute Gasteiger partial charge is 0.312 e. The Kier molecular flexibility index (Phi) is 4.63. The molecule has 21 heavy (non-hydrogen) atoms. The van der Waals surface area contributed by atoms with Crippen molar-refractivity contribution < 1.29 is 0 Å². The van der Waals surface area contributed by atoms with Gasteiger partial charge in [0.2, 0.25) is 0 Å². The highest BCUT2D eigenvalue weighted by Gasteiger charge is 2.36. The molecule has 0 amide bonds. The average molecular weight is 287 g/mol. The number of fused-ring (bicyclic) bond motifs is 1. The van der Waals surface area contributed by atoms with Gasteiger partial charge >= 0.3 is 0 Å². The zero-order valence-electron chi connectivity index (χ0n) is 13.7. The summed E-state index contributed by atoms with van der Waals surface area (Å²) in [7, 11) is 4.44. The Bertz CT molecular complexity index is 465. The van der Waals surface area contributed by atoms with Crippen LogP contribution in [0.25, 0.3) is 0 Å². The highest BCUT2D eigenvalue weighted by molar-refractivity contribution is 5.37. The van der Waals surface area contributed by atoms with Gasteiger partial charge in [0, 0.05) is 18.1 Å². The molecule has 2 unspecified atom stereocenters. The molecule has 1 fully saturated rings. The Morgan fingerprint density at radius 2 is 1.95 bits per heavy atom. The van der Waals surface area contributed by atoms with Gasteiger partial charge in [0.25, 0.3) is 0 Å². The van der Waals surface area contributed by atoms with Gasteiger partial charge < -0.3 is 10.2 Å². The van der Waals surface area contributed by atoms with Gasteiger partial charge in [0.05, 0.1) is 0 Å². The van der Waals surface area contributed by atoms with Crippen LogP contribution in [0.2, 0.25) is 0 Å². The maximum Gasteiger partial charge on any atom is 0.0481 e. The minimum Gasteiger partial charge on any atom is -0.312 e. The lowest BCUT2D eigenvalue weighted by Gasteiger charge is -2.41. The van der Waals surface area contributed by atoms with E-state index in [1.807, 2.05) is 0 Å². The van der Waals surface area contributed by atoms with Crippen LogP contribution in [0, 0.1) is 0 Å². The molecule has 2 aliphatic rings. The van der Waals surface area contributed by atoms with E-state index < -0.39 is 0 Å². The molecule has 3 heteroatoms. The third-order valence-electron chi connectivity index (χ3n) is 5.62. The van der Waals surface area contributed by atoms with E-state index in [1.54, 1.807) is 0 Å². The Hall–Kier alpha value is -0.900. The van der Waals surface area contributed by atoms with Gasteiger partial charge in [-0.3, -0.25) is 4.90 Å². The zero-order valence-corrected chi connectivity index (χ0v) is 13.7. The predicted octanol–water partition coefficient (Wildman–Crippen LogP) is 2.29. The van der Waals surface area contributed by atoms with E-state index in [0.717, 1.165) is 6.04 Å². The summed E-state index contributed by atoms with van der Waals surface area (Å²) in [5.74, 6) is 0. The maximum absolute atomic E-state index is 3.56. The minimum atomic E-state index is 0.482. The van der Waals surface area contributed by atoms with Crippen LogP contribution in [0.4, 0.5) is 0 Å². The average Bonchev–Trinajstić information content (AvgIpc) is 2.92. The van der Waals surface area contributed by atoms with Crippen LogP contribution in [0.1, 0.15) is 36.9 Å². The Morgan fingerprint density at radius 1 is 1.24 bits per heavy atom. The highest BCUT2D eigenvalue weighted by atomic mass is 15.2. The highest BCUT2D eigenvalue weighted by Crippen LogP contribution is 2.35. The van der Waals surface area contributed by atoms with E-state index in [2.05, 4.69) is 60.4 Å². The monoisotopic (exact) mass is 287 g/mol. The summed E-state index contributed by atoms with van der Waals surface area (Å²) in [5, 5.41) is 3.56. The van der Waals surface area contributed by atoms with Crippen LogP contribution in [0.15, 0.2) is 24.3 Å². The summed E-state index contributed by atoms with van der Waals surface area (Å²) in [6, 6.07) is 10.8. The fourth-order valence-corrected chi connectivity index (χ4v) is 4.21. The van der Waals surface area contributed by atoms with Gasteiger partial charge in [-0.2, -0.15) is 0 Å². The summed E-state index contributed by atoms with van der Waals surface area (Å²) < 4.78 is 0. The van der Waals surface area contributed by atoms with Crippen LogP contribution >= 0.6 is 0 Å². The van der Waals surface area contributed by atoms with Gasteiger partial charge in [-0.1, -0.05) is 31.2 Å².